The molecule has 2 bridgehead atoms. The van der Waals surface area contributed by atoms with Gasteiger partial charge in [-0.3, -0.25) is 19.3 Å². The molecule has 1 heterocycles. The zero-order valence-corrected chi connectivity index (χ0v) is 23.0. The van der Waals surface area contributed by atoms with E-state index in [1.54, 1.807) is 19.9 Å². The fraction of sp³-hybridized carbons (Fsp3) is 0.333. The van der Waals surface area contributed by atoms with E-state index in [9.17, 15) is 19.2 Å². The number of likely N-dealkylation sites (tertiary alicyclic amines) is 1. The van der Waals surface area contributed by atoms with Crippen LogP contribution in [0.3, 0.4) is 0 Å². The molecule has 1 N–H and O–H groups in total. The lowest BCUT2D eigenvalue weighted by atomic mass is 9.55. The van der Waals surface area contributed by atoms with Gasteiger partial charge in [-0.1, -0.05) is 80.1 Å². The molecular formula is C33H32N2O5. The number of hydrogen-bond donors (Lipinski definition) is 1. The van der Waals surface area contributed by atoms with Crippen molar-refractivity contribution in [1.82, 2.24) is 4.90 Å². The SMILES string of the molecule is Cc1ccc(NC(=O)COC(=O)[C@@H](C(C)C)N2C(=O)[C@@H]3C4c5ccccc5C(c5ccccc54)[C@@H]3C2=O)c(C)c1. The second kappa shape index (κ2) is 9.73. The van der Waals surface area contributed by atoms with Crippen molar-refractivity contribution in [3.8, 4) is 0 Å². The highest BCUT2D eigenvalue weighted by Crippen LogP contribution is 2.61. The van der Waals surface area contributed by atoms with Gasteiger partial charge in [0.05, 0.1) is 11.8 Å². The summed E-state index contributed by atoms with van der Waals surface area (Å²) in [5.74, 6) is -3.99. The molecule has 3 amide bonds. The number of benzene rings is 3. The van der Waals surface area contributed by atoms with E-state index in [1.165, 1.54) is 0 Å². The number of rotatable bonds is 6. The van der Waals surface area contributed by atoms with Gasteiger partial charge >= 0.3 is 5.97 Å². The Kier molecular flexibility index (Phi) is 6.32. The zero-order valence-electron chi connectivity index (χ0n) is 23.0. The van der Waals surface area contributed by atoms with Crippen molar-refractivity contribution in [2.75, 3.05) is 11.9 Å². The summed E-state index contributed by atoms with van der Waals surface area (Å²) in [7, 11) is 0. The Hall–Kier alpha value is -4.26. The molecule has 0 saturated carbocycles. The van der Waals surface area contributed by atoms with Crippen LogP contribution in [0.15, 0.2) is 66.7 Å². The minimum absolute atomic E-state index is 0.254. The van der Waals surface area contributed by atoms with Gasteiger partial charge < -0.3 is 10.1 Å². The molecule has 0 unspecified atom stereocenters. The Labute approximate surface area is 233 Å². The van der Waals surface area contributed by atoms with Crippen LogP contribution < -0.4 is 5.32 Å². The van der Waals surface area contributed by atoms with E-state index in [-0.39, 0.29) is 23.7 Å². The number of esters is 1. The molecule has 0 aromatic heterocycles. The molecule has 3 atom stereocenters. The monoisotopic (exact) mass is 536 g/mol. The van der Waals surface area contributed by atoms with E-state index in [0.29, 0.717) is 5.69 Å². The number of anilines is 1. The highest BCUT2D eigenvalue weighted by molar-refractivity contribution is 6.10. The van der Waals surface area contributed by atoms with E-state index >= 15 is 0 Å². The molecule has 0 radical (unpaired) electrons. The van der Waals surface area contributed by atoms with Crippen LogP contribution in [-0.2, 0) is 23.9 Å². The maximum atomic E-state index is 14.1. The van der Waals surface area contributed by atoms with Gasteiger partial charge in [-0.2, -0.15) is 0 Å². The minimum atomic E-state index is -1.12. The van der Waals surface area contributed by atoms with Crippen molar-refractivity contribution in [2.24, 2.45) is 17.8 Å². The van der Waals surface area contributed by atoms with Crippen molar-refractivity contribution in [1.29, 1.82) is 0 Å². The van der Waals surface area contributed by atoms with Crippen molar-refractivity contribution < 1.29 is 23.9 Å². The lowest BCUT2D eigenvalue weighted by Gasteiger charge is -2.45. The van der Waals surface area contributed by atoms with Gasteiger partial charge in [0.1, 0.15) is 6.04 Å². The predicted octanol–water partition coefficient (Wildman–Crippen LogP) is 4.70. The van der Waals surface area contributed by atoms with Crippen molar-refractivity contribution >= 4 is 29.4 Å². The predicted molar refractivity (Wildman–Crippen MR) is 150 cm³/mol. The lowest BCUT2D eigenvalue weighted by molar-refractivity contribution is -0.162. The summed E-state index contributed by atoms with van der Waals surface area (Å²) >= 11 is 0. The molecule has 3 aliphatic carbocycles. The first kappa shape index (κ1) is 26.0. The van der Waals surface area contributed by atoms with Crippen LogP contribution in [0.4, 0.5) is 5.69 Å². The number of imide groups is 1. The van der Waals surface area contributed by atoms with Gasteiger partial charge in [-0.15, -0.1) is 0 Å². The summed E-state index contributed by atoms with van der Waals surface area (Å²) < 4.78 is 5.42. The van der Waals surface area contributed by atoms with E-state index in [2.05, 4.69) is 5.32 Å². The van der Waals surface area contributed by atoms with Crippen LogP contribution in [-0.4, -0.2) is 41.2 Å². The first-order valence-corrected chi connectivity index (χ1v) is 13.8. The van der Waals surface area contributed by atoms with Crippen LogP contribution in [0.25, 0.3) is 0 Å². The van der Waals surface area contributed by atoms with Crippen LogP contribution >= 0.6 is 0 Å². The third-order valence-electron chi connectivity index (χ3n) is 8.64. The molecule has 1 saturated heterocycles. The second-order valence-electron chi connectivity index (χ2n) is 11.5. The Morgan fingerprint density at radius 1 is 0.825 bits per heavy atom. The smallest absolute Gasteiger partial charge is 0.330 e. The maximum Gasteiger partial charge on any atom is 0.330 e. The molecule has 40 heavy (non-hydrogen) atoms. The van der Waals surface area contributed by atoms with Crippen LogP contribution in [0, 0.1) is 31.6 Å². The van der Waals surface area contributed by atoms with Crippen molar-refractivity contribution in [3.05, 3.63) is 100 Å². The molecule has 7 nitrogen and oxygen atoms in total. The average Bonchev–Trinajstić information content (AvgIpc) is 3.19. The summed E-state index contributed by atoms with van der Waals surface area (Å²) in [6.07, 6.45) is 0. The summed E-state index contributed by atoms with van der Waals surface area (Å²) in [4.78, 5) is 55.3. The average molecular weight is 537 g/mol. The van der Waals surface area contributed by atoms with Crippen molar-refractivity contribution in [3.63, 3.8) is 0 Å². The van der Waals surface area contributed by atoms with E-state index < -0.39 is 42.3 Å². The fourth-order valence-corrected chi connectivity index (χ4v) is 7.01. The maximum absolute atomic E-state index is 14.1. The molecule has 204 valence electrons. The fourth-order valence-electron chi connectivity index (χ4n) is 7.01. The molecule has 7 rings (SSSR count). The number of aryl methyl sites for hydroxylation is 2. The van der Waals surface area contributed by atoms with E-state index in [0.717, 1.165) is 38.3 Å². The highest BCUT2D eigenvalue weighted by Gasteiger charge is 2.63. The molecule has 0 spiro atoms. The Morgan fingerprint density at radius 2 is 1.32 bits per heavy atom. The highest BCUT2D eigenvalue weighted by atomic mass is 16.5. The summed E-state index contributed by atoms with van der Waals surface area (Å²) in [5, 5.41) is 2.77. The molecule has 3 aromatic carbocycles. The number of hydrogen-bond acceptors (Lipinski definition) is 5. The number of ether oxygens (including phenoxy) is 1. The Morgan fingerprint density at radius 3 is 1.77 bits per heavy atom. The molecule has 1 fully saturated rings. The van der Waals surface area contributed by atoms with Gasteiger partial charge in [0.25, 0.3) is 5.91 Å². The number of amides is 3. The Balaban J connectivity index is 1.26. The standard InChI is InChI=1S/C33H32N2O5/c1-17(2)30(33(39)40-16-25(36)34-24-14-13-18(3)15-19(24)4)35-31(37)28-26-20-9-5-6-10-21(20)27(29(28)32(35)38)23-12-8-7-11-22(23)26/h5-15,17,26-30H,16H2,1-4H3,(H,34,36)/t26?,27?,28-,29+,30-/m1/s1. The van der Waals surface area contributed by atoms with Gasteiger partial charge in [0, 0.05) is 17.5 Å². The van der Waals surface area contributed by atoms with Gasteiger partial charge in [-0.05, 0) is 53.6 Å². The first-order chi connectivity index (χ1) is 19.2. The van der Waals surface area contributed by atoms with Crippen LogP contribution in [0.1, 0.15) is 59.1 Å². The number of nitrogens with zero attached hydrogens (tertiary/aromatic N) is 1. The molecular weight excluding hydrogens is 504 g/mol. The first-order valence-electron chi connectivity index (χ1n) is 13.8. The molecule has 3 aromatic rings. The Bertz CT molecular complexity index is 1440. The van der Waals surface area contributed by atoms with Crippen LogP contribution in [0.2, 0.25) is 0 Å². The van der Waals surface area contributed by atoms with Gasteiger partial charge in [-0.25, -0.2) is 4.79 Å². The number of carbonyl (C=O) groups is 4. The van der Waals surface area contributed by atoms with Crippen LogP contribution in [0.5, 0.6) is 0 Å². The number of nitrogens with one attached hydrogen (secondary N) is 1. The third-order valence-corrected chi connectivity index (χ3v) is 8.64. The normalized spacial score (nSPS) is 23.0. The van der Waals surface area contributed by atoms with E-state index in [4.69, 9.17) is 4.74 Å². The molecule has 1 aliphatic heterocycles. The molecule has 7 heteroatoms. The zero-order chi connectivity index (χ0) is 28.3. The molecule has 4 aliphatic rings. The second-order valence-corrected chi connectivity index (χ2v) is 11.5. The summed E-state index contributed by atoms with van der Waals surface area (Å²) in [5.41, 5.74) is 6.89. The summed E-state index contributed by atoms with van der Waals surface area (Å²) in [6, 6.07) is 20.6. The third kappa shape index (κ3) is 3.95. The van der Waals surface area contributed by atoms with Gasteiger partial charge in [0.2, 0.25) is 11.8 Å². The summed E-state index contributed by atoms with van der Waals surface area (Å²) in [6.45, 7) is 6.90. The quantitative estimate of drug-likeness (QED) is 0.364. The number of carbonyl (C=O) groups excluding carboxylic acids is 4. The van der Waals surface area contributed by atoms with E-state index in [1.807, 2.05) is 74.5 Å². The van der Waals surface area contributed by atoms with Gasteiger partial charge in [0.15, 0.2) is 6.61 Å². The lowest BCUT2D eigenvalue weighted by Crippen LogP contribution is -2.49. The topological polar surface area (TPSA) is 92.8 Å². The van der Waals surface area contributed by atoms with Crippen molar-refractivity contribution in [2.45, 2.75) is 45.6 Å². The minimum Gasteiger partial charge on any atom is -0.454 e. The largest absolute Gasteiger partial charge is 0.454 e.